The average molecular weight is 326 g/mol. The average Bonchev–Trinajstić information content (AvgIpc) is 2.64. The smallest absolute Gasteiger partial charge is 0.123 e. The number of benzene rings is 1. The summed E-state index contributed by atoms with van der Waals surface area (Å²) in [4.78, 5) is 0. The van der Waals surface area contributed by atoms with E-state index in [0.29, 0.717) is 0 Å². The summed E-state index contributed by atoms with van der Waals surface area (Å²) in [6.07, 6.45) is 3.75. The molecule has 0 spiro atoms. The van der Waals surface area contributed by atoms with Crippen LogP contribution in [-0.2, 0) is 0 Å². The van der Waals surface area contributed by atoms with Gasteiger partial charge in [0.15, 0.2) is 0 Å². The van der Waals surface area contributed by atoms with Crippen molar-refractivity contribution in [2.75, 3.05) is 0 Å². The van der Waals surface area contributed by atoms with Crippen LogP contribution in [0.3, 0.4) is 0 Å². The van der Waals surface area contributed by atoms with Crippen molar-refractivity contribution in [1.82, 2.24) is 9.78 Å². The molecular weight excluding hydrogens is 315 g/mol. The van der Waals surface area contributed by atoms with Crippen molar-refractivity contribution in [2.24, 2.45) is 5.73 Å². The molecule has 2 aromatic rings. The molecule has 0 amide bonds. The minimum Gasteiger partial charge on any atom is -0.384 e. The number of halogens is 1. The lowest BCUT2D eigenvalue weighted by Gasteiger charge is -2.07. The Bertz CT molecular complexity index is 545. The lowest BCUT2D eigenvalue weighted by molar-refractivity contribution is 0.879. The van der Waals surface area contributed by atoms with Gasteiger partial charge in [-0.3, -0.25) is 5.41 Å². The van der Waals surface area contributed by atoms with Crippen LogP contribution in [0.25, 0.3) is 5.69 Å². The van der Waals surface area contributed by atoms with E-state index in [4.69, 9.17) is 11.1 Å². The third-order valence-electron chi connectivity index (χ3n) is 2.32. The molecule has 1 aromatic carbocycles. The van der Waals surface area contributed by atoms with Crippen molar-refractivity contribution >= 4 is 28.4 Å². The maximum atomic E-state index is 7.41. The van der Waals surface area contributed by atoms with Crippen LogP contribution in [0.5, 0.6) is 0 Å². The van der Waals surface area contributed by atoms with Crippen LogP contribution >= 0.6 is 22.6 Å². The van der Waals surface area contributed by atoms with E-state index in [0.717, 1.165) is 20.4 Å². The molecule has 0 aliphatic rings. The first-order chi connectivity index (χ1) is 7.58. The van der Waals surface area contributed by atoms with Crippen LogP contribution < -0.4 is 5.73 Å². The van der Waals surface area contributed by atoms with Crippen molar-refractivity contribution in [2.45, 2.75) is 6.92 Å². The Hall–Kier alpha value is -1.37. The molecule has 82 valence electrons. The van der Waals surface area contributed by atoms with Gasteiger partial charge in [0.1, 0.15) is 5.84 Å². The number of nitrogens with zero attached hydrogens (tertiary/aromatic N) is 2. The van der Waals surface area contributed by atoms with E-state index in [-0.39, 0.29) is 5.84 Å². The molecule has 5 heteroatoms. The first kappa shape index (κ1) is 11.1. The highest BCUT2D eigenvalue weighted by Gasteiger charge is 2.04. The Labute approximate surface area is 107 Å². The molecule has 3 N–H and O–H groups in total. The maximum absolute atomic E-state index is 7.41. The highest BCUT2D eigenvalue weighted by atomic mass is 127. The molecule has 16 heavy (non-hydrogen) atoms. The Morgan fingerprint density at radius 2 is 2.25 bits per heavy atom. The number of aromatic nitrogens is 2. The molecule has 0 radical (unpaired) electrons. The lowest BCUT2D eigenvalue weighted by Crippen LogP contribution is -2.13. The highest BCUT2D eigenvalue weighted by molar-refractivity contribution is 14.1. The molecular formula is C11H11IN4. The largest absolute Gasteiger partial charge is 0.384 e. The Kier molecular flexibility index (Phi) is 2.95. The van der Waals surface area contributed by atoms with E-state index in [9.17, 15) is 0 Å². The van der Waals surface area contributed by atoms with E-state index >= 15 is 0 Å². The zero-order valence-corrected chi connectivity index (χ0v) is 10.9. The number of rotatable bonds is 2. The van der Waals surface area contributed by atoms with Gasteiger partial charge in [0.05, 0.1) is 15.5 Å². The topological polar surface area (TPSA) is 67.7 Å². The molecule has 0 saturated heterocycles. The number of nitrogens with one attached hydrogen (secondary N) is 1. The fraction of sp³-hybridized carbons (Fsp3) is 0.0909. The Balaban J connectivity index is 2.45. The van der Waals surface area contributed by atoms with Crippen LogP contribution in [0.2, 0.25) is 0 Å². The predicted octanol–water partition coefficient (Wildman–Crippen LogP) is 2.07. The van der Waals surface area contributed by atoms with Gasteiger partial charge in [-0.25, -0.2) is 4.68 Å². The van der Waals surface area contributed by atoms with Crippen LogP contribution in [0, 0.1) is 15.9 Å². The number of nitrogen functional groups attached to an aromatic ring is 1. The summed E-state index contributed by atoms with van der Waals surface area (Å²) < 4.78 is 2.89. The summed E-state index contributed by atoms with van der Waals surface area (Å²) in [7, 11) is 0. The molecule has 1 heterocycles. The van der Waals surface area contributed by atoms with Crippen LogP contribution in [-0.4, -0.2) is 15.6 Å². The van der Waals surface area contributed by atoms with Gasteiger partial charge >= 0.3 is 0 Å². The van der Waals surface area contributed by atoms with Gasteiger partial charge in [-0.05, 0) is 53.3 Å². The third-order valence-corrected chi connectivity index (χ3v) is 2.87. The Morgan fingerprint density at radius 1 is 1.50 bits per heavy atom. The van der Waals surface area contributed by atoms with Gasteiger partial charge in [-0.1, -0.05) is 0 Å². The number of hydrogen-bond donors (Lipinski definition) is 2. The van der Waals surface area contributed by atoms with Gasteiger partial charge in [0.25, 0.3) is 0 Å². The monoisotopic (exact) mass is 326 g/mol. The lowest BCUT2D eigenvalue weighted by atomic mass is 10.1. The number of aryl methyl sites for hydroxylation is 1. The first-order valence-corrected chi connectivity index (χ1v) is 5.81. The highest BCUT2D eigenvalue weighted by Crippen LogP contribution is 2.15. The normalized spacial score (nSPS) is 10.4. The molecule has 2 rings (SSSR count). The van der Waals surface area contributed by atoms with E-state index in [1.807, 2.05) is 31.3 Å². The third kappa shape index (κ3) is 2.08. The summed E-state index contributed by atoms with van der Waals surface area (Å²) in [5.41, 5.74) is 8.20. The minimum absolute atomic E-state index is 0.0964. The zero-order valence-electron chi connectivity index (χ0n) is 8.74. The van der Waals surface area contributed by atoms with E-state index in [2.05, 4.69) is 27.7 Å². The fourth-order valence-corrected chi connectivity index (χ4v) is 1.92. The molecule has 4 nitrogen and oxygen atoms in total. The molecule has 1 aromatic heterocycles. The van der Waals surface area contributed by atoms with Crippen molar-refractivity contribution in [3.05, 3.63) is 45.3 Å². The van der Waals surface area contributed by atoms with Gasteiger partial charge < -0.3 is 5.73 Å². The van der Waals surface area contributed by atoms with Gasteiger partial charge in [-0.2, -0.15) is 5.10 Å². The second-order valence-corrected chi connectivity index (χ2v) is 4.76. The molecule has 0 saturated carbocycles. The summed E-state index contributed by atoms with van der Waals surface area (Å²) in [6.45, 7) is 1.94. The number of amidine groups is 1. The molecule has 0 aliphatic carbocycles. The maximum Gasteiger partial charge on any atom is 0.123 e. The van der Waals surface area contributed by atoms with Gasteiger partial charge in [0, 0.05) is 11.8 Å². The molecule has 0 atom stereocenters. The molecule has 0 aliphatic heterocycles. The van der Waals surface area contributed by atoms with Crippen molar-refractivity contribution < 1.29 is 0 Å². The number of nitrogens with two attached hydrogens (primary N) is 1. The molecule has 0 fully saturated rings. The second kappa shape index (κ2) is 4.25. The minimum atomic E-state index is 0.0964. The van der Waals surface area contributed by atoms with E-state index in [1.165, 1.54) is 0 Å². The van der Waals surface area contributed by atoms with Crippen molar-refractivity contribution in [3.63, 3.8) is 0 Å². The summed E-state index contributed by atoms with van der Waals surface area (Å²) >= 11 is 2.22. The second-order valence-electron chi connectivity index (χ2n) is 3.52. The van der Waals surface area contributed by atoms with Crippen molar-refractivity contribution in [3.8, 4) is 5.69 Å². The van der Waals surface area contributed by atoms with Crippen LogP contribution in [0.15, 0.2) is 30.6 Å². The SMILES string of the molecule is Cc1cc(-n2cc(I)cn2)ccc1C(=N)N. The Morgan fingerprint density at radius 3 is 2.75 bits per heavy atom. The van der Waals surface area contributed by atoms with E-state index in [1.54, 1.807) is 10.9 Å². The van der Waals surface area contributed by atoms with E-state index < -0.39 is 0 Å². The number of hydrogen-bond acceptors (Lipinski definition) is 2. The summed E-state index contributed by atoms with van der Waals surface area (Å²) in [5.74, 6) is 0.0964. The van der Waals surface area contributed by atoms with Gasteiger partial charge in [0.2, 0.25) is 0 Å². The summed E-state index contributed by atoms with van der Waals surface area (Å²) in [5, 5.41) is 11.6. The fourth-order valence-electron chi connectivity index (χ4n) is 1.53. The molecule has 0 bridgehead atoms. The standard InChI is InChI=1S/C11H11IN4/c1-7-4-9(2-3-10(7)11(13)14)16-6-8(12)5-15-16/h2-6H,1H3,(H3,13,14). The predicted molar refractivity (Wildman–Crippen MR) is 72.0 cm³/mol. The quantitative estimate of drug-likeness (QED) is 0.504. The van der Waals surface area contributed by atoms with Crippen LogP contribution in [0.4, 0.5) is 0 Å². The summed E-state index contributed by atoms with van der Waals surface area (Å²) in [6, 6.07) is 5.73. The van der Waals surface area contributed by atoms with Gasteiger partial charge in [-0.15, -0.1) is 0 Å². The first-order valence-electron chi connectivity index (χ1n) is 4.73. The van der Waals surface area contributed by atoms with Crippen molar-refractivity contribution in [1.29, 1.82) is 5.41 Å². The van der Waals surface area contributed by atoms with Crippen LogP contribution in [0.1, 0.15) is 11.1 Å². The molecule has 0 unspecified atom stereocenters. The zero-order chi connectivity index (χ0) is 11.7.